The number of carboxylic acid groups (broad SMARTS) is 2. The molecule has 0 spiro atoms. The molecule has 8 heteroatoms. The number of rotatable bonds is 6. The molecule has 8 nitrogen and oxygen atoms in total. The van der Waals surface area contributed by atoms with Crippen molar-refractivity contribution in [1.29, 1.82) is 0 Å². The Balaban J connectivity index is -0.000000247. The van der Waals surface area contributed by atoms with Gasteiger partial charge in [-0.2, -0.15) is 0 Å². The Morgan fingerprint density at radius 1 is 0.727 bits per heavy atom. The van der Waals surface area contributed by atoms with E-state index in [4.69, 9.17) is 20.4 Å². The molecule has 0 bridgehead atoms. The Morgan fingerprint density at radius 2 is 0.955 bits per heavy atom. The van der Waals surface area contributed by atoms with Gasteiger partial charge in [-0.05, 0) is 0 Å². The molecular weight excluding hydrogens is 292 g/mol. The van der Waals surface area contributed by atoms with Crippen LogP contribution in [-0.4, -0.2) is 110 Å². The van der Waals surface area contributed by atoms with Gasteiger partial charge in [0.15, 0.2) is 0 Å². The number of hydrogen-bond acceptors (Lipinski definition) is 4. The highest BCUT2D eigenvalue weighted by Crippen LogP contribution is 1.85. The zero-order valence-electron chi connectivity index (χ0n) is 14.5. The van der Waals surface area contributed by atoms with Gasteiger partial charge in [0, 0.05) is 12.2 Å². The van der Waals surface area contributed by atoms with Crippen LogP contribution in [0.25, 0.3) is 0 Å². The van der Waals surface area contributed by atoms with E-state index in [2.05, 4.69) is 42.3 Å². The van der Waals surface area contributed by atoms with E-state index in [0.717, 1.165) is 22.1 Å². The van der Waals surface area contributed by atoms with Crippen molar-refractivity contribution in [2.75, 3.05) is 68.6 Å². The molecule has 0 amide bonds. The number of carboxylic acids is 2. The number of aliphatic hydroxyl groups excluding tert-OH is 2. The van der Waals surface area contributed by atoms with Crippen molar-refractivity contribution >= 4 is 11.9 Å². The number of nitrogens with zero attached hydrogens (tertiary/aromatic N) is 2. The average Bonchev–Trinajstić information content (AvgIpc) is 2.24. The lowest BCUT2D eigenvalue weighted by molar-refractivity contribution is -0.870. The Hall–Kier alpha value is -1.48. The molecule has 0 saturated carbocycles. The third-order valence-corrected chi connectivity index (χ3v) is 1.91. The summed E-state index contributed by atoms with van der Waals surface area (Å²) in [6, 6.07) is 0. The minimum atomic E-state index is -1.26. The van der Waals surface area contributed by atoms with Gasteiger partial charge in [-0.3, -0.25) is 0 Å². The highest BCUT2D eigenvalue weighted by atomic mass is 16.4. The summed E-state index contributed by atoms with van der Waals surface area (Å²) < 4.78 is 1.69. The van der Waals surface area contributed by atoms with E-state index in [1.807, 2.05) is 0 Å². The molecule has 0 atom stereocenters. The lowest BCUT2D eigenvalue weighted by Gasteiger charge is -2.21. The predicted molar refractivity (Wildman–Crippen MR) is 84.4 cm³/mol. The molecule has 0 heterocycles. The van der Waals surface area contributed by atoms with Crippen LogP contribution >= 0.6 is 0 Å². The maximum absolute atomic E-state index is 9.55. The predicted octanol–water partition coefficient (Wildman–Crippen LogP) is -0.918. The molecule has 0 aromatic heterocycles. The maximum atomic E-state index is 9.55. The summed E-state index contributed by atoms with van der Waals surface area (Å²) >= 11 is 0. The quantitative estimate of drug-likeness (QED) is 0.371. The molecule has 0 saturated heterocycles. The zero-order chi connectivity index (χ0) is 18.4. The smallest absolute Gasteiger partial charge is 0.328 e. The van der Waals surface area contributed by atoms with E-state index < -0.39 is 11.9 Å². The fourth-order valence-corrected chi connectivity index (χ4v) is 0.743. The number of aliphatic carboxylic acids is 2. The van der Waals surface area contributed by atoms with Gasteiger partial charge in [0.05, 0.1) is 55.5 Å². The molecule has 0 aliphatic rings. The second-order valence-electron chi connectivity index (χ2n) is 6.48. The van der Waals surface area contributed by atoms with Crippen molar-refractivity contribution in [2.24, 2.45) is 0 Å². The highest BCUT2D eigenvalue weighted by molar-refractivity contribution is 5.89. The van der Waals surface area contributed by atoms with Crippen LogP contribution in [0.5, 0.6) is 0 Å². The lowest BCUT2D eigenvalue weighted by Crippen LogP contribution is -2.36. The fourth-order valence-electron chi connectivity index (χ4n) is 0.743. The fraction of sp³-hybridized carbons (Fsp3) is 0.714. The minimum absolute atomic E-state index is 0.281. The number of quaternary nitrogens is 2. The van der Waals surface area contributed by atoms with Crippen molar-refractivity contribution in [2.45, 2.75) is 0 Å². The summed E-state index contributed by atoms with van der Waals surface area (Å²) in [4.78, 5) is 19.1. The summed E-state index contributed by atoms with van der Waals surface area (Å²) in [7, 11) is 12.3. The van der Waals surface area contributed by atoms with Gasteiger partial charge in [0.1, 0.15) is 13.1 Å². The molecule has 4 N–H and O–H groups in total. The van der Waals surface area contributed by atoms with Crippen molar-refractivity contribution < 1.29 is 39.0 Å². The van der Waals surface area contributed by atoms with Crippen molar-refractivity contribution in [3.8, 4) is 0 Å². The number of aliphatic hydroxyl groups is 2. The van der Waals surface area contributed by atoms with Gasteiger partial charge in [-0.25, -0.2) is 9.59 Å². The van der Waals surface area contributed by atoms with Crippen molar-refractivity contribution in [1.82, 2.24) is 0 Å². The van der Waals surface area contributed by atoms with E-state index in [0.29, 0.717) is 12.2 Å². The summed E-state index contributed by atoms with van der Waals surface area (Å²) in [6.45, 7) is 2.23. The van der Waals surface area contributed by atoms with Crippen molar-refractivity contribution in [3.05, 3.63) is 12.2 Å². The molecule has 0 rings (SSSR count). The van der Waals surface area contributed by atoms with Gasteiger partial charge >= 0.3 is 11.9 Å². The van der Waals surface area contributed by atoms with E-state index in [-0.39, 0.29) is 13.2 Å². The average molecular weight is 324 g/mol. The molecule has 0 aromatic carbocycles. The standard InChI is InChI=1S/2C5H14NO.C4H4O4/c2*1-6(2,3)4-5-7;5-3(6)1-2-4(7)8/h2*7H,4-5H2,1-3H3;1-2H,(H,5,6)(H,7,8)/q2*+1;/b;;2-1-. The van der Waals surface area contributed by atoms with Crippen LogP contribution < -0.4 is 0 Å². The number of hydrogen-bond donors (Lipinski definition) is 4. The third-order valence-electron chi connectivity index (χ3n) is 1.91. The van der Waals surface area contributed by atoms with Crippen molar-refractivity contribution in [3.63, 3.8) is 0 Å². The Bertz CT molecular complexity index is 297. The Labute approximate surface area is 132 Å². The second kappa shape index (κ2) is 13.2. The van der Waals surface area contributed by atoms with Crippen LogP contribution in [0.15, 0.2) is 12.2 Å². The first-order valence-electron chi connectivity index (χ1n) is 6.71. The highest BCUT2D eigenvalue weighted by Gasteiger charge is 2.02. The van der Waals surface area contributed by atoms with E-state index in [9.17, 15) is 9.59 Å². The molecule has 22 heavy (non-hydrogen) atoms. The van der Waals surface area contributed by atoms with Gasteiger partial charge in [-0.1, -0.05) is 0 Å². The van der Waals surface area contributed by atoms with Gasteiger partial charge in [0.25, 0.3) is 0 Å². The molecular formula is C14H32N2O6+2. The first-order chi connectivity index (χ1) is 9.75. The molecule has 0 aromatic rings. The molecule has 0 unspecified atom stereocenters. The summed E-state index contributed by atoms with van der Waals surface area (Å²) in [5.74, 6) is -2.51. The Kier molecular flexibility index (Phi) is 15.3. The minimum Gasteiger partial charge on any atom is -0.478 e. The van der Waals surface area contributed by atoms with Crippen LogP contribution in [-0.2, 0) is 9.59 Å². The maximum Gasteiger partial charge on any atom is 0.328 e. The first-order valence-corrected chi connectivity index (χ1v) is 6.71. The first kappa shape index (κ1) is 25.5. The Morgan fingerprint density at radius 3 is 1.00 bits per heavy atom. The zero-order valence-corrected chi connectivity index (χ0v) is 14.5. The van der Waals surface area contributed by atoms with Gasteiger partial charge in [-0.15, -0.1) is 0 Å². The lowest BCUT2D eigenvalue weighted by atomic mass is 10.5. The SMILES string of the molecule is C[N+](C)(C)CCO.C[N+](C)(C)CCO.O=C(O)/C=C\C(=O)O. The van der Waals surface area contributed by atoms with E-state index in [1.165, 1.54) is 0 Å². The molecule has 132 valence electrons. The van der Waals surface area contributed by atoms with Crippen LogP contribution in [0.4, 0.5) is 0 Å². The summed E-state index contributed by atoms with van der Waals surface area (Å²) in [5.41, 5.74) is 0. The van der Waals surface area contributed by atoms with Crippen LogP contribution in [0, 0.1) is 0 Å². The van der Waals surface area contributed by atoms with Crippen LogP contribution in [0.1, 0.15) is 0 Å². The van der Waals surface area contributed by atoms with Gasteiger partial charge in [0.2, 0.25) is 0 Å². The molecule has 0 fully saturated rings. The van der Waals surface area contributed by atoms with E-state index in [1.54, 1.807) is 0 Å². The monoisotopic (exact) mass is 324 g/mol. The van der Waals surface area contributed by atoms with Crippen LogP contribution in [0.2, 0.25) is 0 Å². The summed E-state index contributed by atoms with van der Waals surface area (Å²) in [6.07, 6.45) is 1.12. The van der Waals surface area contributed by atoms with E-state index >= 15 is 0 Å². The third kappa shape index (κ3) is 42.8. The van der Waals surface area contributed by atoms with Gasteiger partial charge < -0.3 is 29.4 Å². The number of likely N-dealkylation sites (N-methyl/N-ethyl adjacent to an activating group) is 2. The second-order valence-corrected chi connectivity index (χ2v) is 6.48. The van der Waals surface area contributed by atoms with Crippen LogP contribution in [0.3, 0.4) is 0 Å². The normalized spacial score (nSPS) is 11.1. The topological polar surface area (TPSA) is 115 Å². The number of carbonyl (C=O) groups is 2. The largest absolute Gasteiger partial charge is 0.478 e. The molecule has 0 aliphatic heterocycles. The molecule has 0 radical (unpaired) electrons. The summed E-state index contributed by atoms with van der Waals surface area (Å²) in [5, 5.41) is 32.4. The molecule has 0 aliphatic carbocycles.